The molecule has 0 heterocycles. The van der Waals surface area contributed by atoms with E-state index in [0.29, 0.717) is 5.56 Å². The Bertz CT molecular complexity index is 414. The van der Waals surface area contributed by atoms with Gasteiger partial charge in [0, 0.05) is 14.2 Å². The minimum atomic E-state index is -3.59. The zero-order valence-electron chi connectivity index (χ0n) is 9.49. The Morgan fingerprint density at radius 2 is 1.82 bits per heavy atom. The maximum atomic E-state index is 11.8. The molecule has 0 fully saturated rings. The third kappa shape index (κ3) is 3.64. The largest absolute Gasteiger partial charge is 0.480 e. The van der Waals surface area contributed by atoms with Gasteiger partial charge in [-0.2, -0.15) is 0 Å². The molecule has 0 bridgehead atoms. The third-order valence-corrected chi connectivity index (χ3v) is 3.68. The molecule has 0 saturated heterocycles. The summed E-state index contributed by atoms with van der Waals surface area (Å²) >= 11 is 0. The lowest BCUT2D eigenvalue weighted by atomic mass is 10.1. The number of benzene rings is 1. The van der Waals surface area contributed by atoms with Gasteiger partial charge in [0.15, 0.2) is 0 Å². The summed E-state index contributed by atoms with van der Waals surface area (Å²) in [5, 5.41) is 11.4. The summed E-state index contributed by atoms with van der Waals surface area (Å²) in [5.41, 5.74) is 0.467. The van der Waals surface area contributed by atoms with Gasteiger partial charge in [-0.15, -0.1) is 0 Å². The average Bonchev–Trinajstić information content (AvgIpc) is 2.36. The summed E-state index contributed by atoms with van der Waals surface area (Å²) in [5.74, 6) is -1.16. The van der Waals surface area contributed by atoms with Gasteiger partial charge >= 0.3 is 13.7 Å². The SMILES string of the molecule is COP(=O)(NC(C(=O)O)c1ccccc1)OC. The van der Waals surface area contributed by atoms with Crippen molar-refractivity contribution in [1.29, 1.82) is 0 Å². The fourth-order valence-electron chi connectivity index (χ4n) is 1.26. The molecular weight excluding hydrogens is 245 g/mol. The molecule has 1 aromatic rings. The highest BCUT2D eigenvalue weighted by molar-refractivity contribution is 7.51. The van der Waals surface area contributed by atoms with Crippen molar-refractivity contribution in [2.45, 2.75) is 6.04 Å². The van der Waals surface area contributed by atoms with Crippen LogP contribution in [0, 0.1) is 0 Å². The lowest BCUT2D eigenvalue weighted by Gasteiger charge is -2.20. The smallest absolute Gasteiger partial charge is 0.406 e. The quantitative estimate of drug-likeness (QED) is 0.758. The van der Waals surface area contributed by atoms with Crippen LogP contribution < -0.4 is 5.09 Å². The van der Waals surface area contributed by atoms with E-state index in [1.165, 1.54) is 14.2 Å². The first-order valence-corrected chi connectivity index (χ1v) is 6.33. The Kier molecular flexibility index (Phi) is 4.84. The second kappa shape index (κ2) is 5.93. The molecule has 0 saturated carbocycles. The standard InChI is InChI=1S/C10H14NO5P/c1-15-17(14,16-2)11-9(10(12)13)8-6-4-3-5-7-8/h3-7,9H,1-2H3,(H,11,14)(H,12,13). The maximum absolute atomic E-state index is 11.8. The van der Waals surface area contributed by atoms with Gasteiger partial charge in [0.25, 0.3) is 0 Å². The lowest BCUT2D eigenvalue weighted by Crippen LogP contribution is -2.27. The first-order valence-electron chi connectivity index (χ1n) is 4.79. The minimum absolute atomic E-state index is 0.467. The van der Waals surface area contributed by atoms with E-state index in [2.05, 4.69) is 14.1 Å². The van der Waals surface area contributed by atoms with E-state index >= 15 is 0 Å². The topological polar surface area (TPSA) is 84.9 Å². The van der Waals surface area contributed by atoms with Gasteiger partial charge in [-0.25, -0.2) is 9.65 Å². The van der Waals surface area contributed by atoms with E-state index < -0.39 is 19.8 Å². The van der Waals surface area contributed by atoms with Gasteiger partial charge in [-0.05, 0) is 5.56 Å². The van der Waals surface area contributed by atoms with E-state index in [1.54, 1.807) is 30.3 Å². The molecular formula is C10H14NO5P. The van der Waals surface area contributed by atoms with Crippen molar-refractivity contribution >= 4 is 13.7 Å². The van der Waals surface area contributed by atoms with E-state index in [9.17, 15) is 9.36 Å². The zero-order valence-corrected chi connectivity index (χ0v) is 10.4. The number of nitrogens with one attached hydrogen (secondary N) is 1. The molecule has 0 aliphatic heterocycles. The second-order valence-corrected chi connectivity index (χ2v) is 5.16. The summed E-state index contributed by atoms with van der Waals surface area (Å²) in [6, 6.07) is 7.22. The van der Waals surface area contributed by atoms with Crippen LogP contribution in [0.2, 0.25) is 0 Å². The van der Waals surface area contributed by atoms with Crippen molar-refractivity contribution < 1.29 is 23.5 Å². The predicted molar refractivity (Wildman–Crippen MR) is 61.6 cm³/mol. The third-order valence-electron chi connectivity index (χ3n) is 2.15. The van der Waals surface area contributed by atoms with Gasteiger partial charge in [-0.3, -0.25) is 4.79 Å². The Morgan fingerprint density at radius 3 is 2.24 bits per heavy atom. The van der Waals surface area contributed by atoms with Crippen molar-refractivity contribution in [2.24, 2.45) is 0 Å². The Balaban J connectivity index is 2.97. The van der Waals surface area contributed by atoms with E-state index in [0.717, 1.165) is 0 Å². The van der Waals surface area contributed by atoms with Crippen LogP contribution in [0.15, 0.2) is 30.3 Å². The normalized spacial score (nSPS) is 13.3. The molecule has 1 aromatic carbocycles. The number of carboxylic acid groups (broad SMARTS) is 1. The van der Waals surface area contributed by atoms with E-state index in [-0.39, 0.29) is 0 Å². The van der Waals surface area contributed by atoms with Gasteiger partial charge in [0.05, 0.1) is 0 Å². The summed E-state index contributed by atoms with van der Waals surface area (Å²) < 4.78 is 21.1. The van der Waals surface area contributed by atoms with Crippen LogP contribution >= 0.6 is 7.75 Å². The summed E-state index contributed by atoms with van der Waals surface area (Å²) in [6.07, 6.45) is 0. The molecule has 0 aromatic heterocycles. The molecule has 0 radical (unpaired) electrons. The Labute approximate surface area is 99.1 Å². The van der Waals surface area contributed by atoms with Gasteiger partial charge in [0.2, 0.25) is 0 Å². The fourth-order valence-corrected chi connectivity index (χ4v) is 2.19. The Morgan fingerprint density at radius 1 is 1.29 bits per heavy atom. The first kappa shape index (κ1) is 13.9. The molecule has 2 N–H and O–H groups in total. The second-order valence-electron chi connectivity index (χ2n) is 3.17. The zero-order chi connectivity index (χ0) is 12.9. The van der Waals surface area contributed by atoms with Crippen LogP contribution in [0.1, 0.15) is 11.6 Å². The fraction of sp³-hybridized carbons (Fsp3) is 0.300. The first-order chi connectivity index (χ1) is 8.02. The highest BCUT2D eigenvalue weighted by Gasteiger charge is 2.30. The minimum Gasteiger partial charge on any atom is -0.480 e. The van der Waals surface area contributed by atoms with Crippen molar-refractivity contribution in [2.75, 3.05) is 14.2 Å². The van der Waals surface area contributed by atoms with Crippen LogP contribution in [-0.4, -0.2) is 25.3 Å². The molecule has 1 atom stereocenters. The number of carbonyl (C=O) groups is 1. The van der Waals surface area contributed by atoms with Crippen molar-refractivity contribution in [3.05, 3.63) is 35.9 Å². The molecule has 0 amide bonds. The molecule has 0 aliphatic carbocycles. The average molecular weight is 259 g/mol. The highest BCUT2D eigenvalue weighted by atomic mass is 31.2. The summed E-state index contributed by atoms with van der Waals surface area (Å²) in [7, 11) is -1.22. The molecule has 0 spiro atoms. The van der Waals surface area contributed by atoms with Crippen molar-refractivity contribution in [3.8, 4) is 0 Å². The van der Waals surface area contributed by atoms with Crippen molar-refractivity contribution in [3.63, 3.8) is 0 Å². The van der Waals surface area contributed by atoms with Gasteiger partial charge < -0.3 is 14.2 Å². The number of aliphatic carboxylic acids is 1. The molecule has 6 nitrogen and oxygen atoms in total. The van der Waals surface area contributed by atoms with E-state index in [4.69, 9.17) is 5.11 Å². The Hall–Kier alpha value is -1.20. The van der Waals surface area contributed by atoms with Crippen LogP contribution in [0.25, 0.3) is 0 Å². The summed E-state index contributed by atoms with van der Waals surface area (Å²) in [6.45, 7) is 0. The molecule has 7 heteroatoms. The molecule has 0 aliphatic rings. The van der Waals surface area contributed by atoms with E-state index in [1.807, 2.05) is 0 Å². The van der Waals surface area contributed by atoms with Crippen LogP contribution in [0.3, 0.4) is 0 Å². The predicted octanol–water partition coefficient (Wildman–Crippen LogP) is 1.80. The van der Waals surface area contributed by atoms with Crippen LogP contribution in [0.5, 0.6) is 0 Å². The summed E-state index contributed by atoms with van der Waals surface area (Å²) in [4.78, 5) is 11.1. The van der Waals surface area contributed by atoms with Crippen LogP contribution in [-0.2, 0) is 18.4 Å². The molecule has 94 valence electrons. The molecule has 17 heavy (non-hydrogen) atoms. The van der Waals surface area contributed by atoms with Gasteiger partial charge in [-0.1, -0.05) is 30.3 Å². The monoisotopic (exact) mass is 259 g/mol. The van der Waals surface area contributed by atoms with Gasteiger partial charge in [0.1, 0.15) is 6.04 Å². The maximum Gasteiger partial charge on any atom is 0.406 e. The number of rotatable bonds is 6. The van der Waals surface area contributed by atoms with Crippen molar-refractivity contribution in [1.82, 2.24) is 5.09 Å². The number of hydrogen-bond donors (Lipinski definition) is 2. The highest BCUT2D eigenvalue weighted by Crippen LogP contribution is 2.44. The number of carboxylic acids is 1. The van der Waals surface area contributed by atoms with Crippen LogP contribution in [0.4, 0.5) is 0 Å². The lowest BCUT2D eigenvalue weighted by molar-refractivity contribution is -0.139. The molecule has 1 unspecified atom stereocenters. The number of hydrogen-bond acceptors (Lipinski definition) is 4. The molecule has 1 rings (SSSR count).